The van der Waals surface area contributed by atoms with Crippen LogP contribution < -0.4 is 4.74 Å². The van der Waals surface area contributed by atoms with E-state index in [2.05, 4.69) is 10.2 Å². The number of thioether (sulfide) groups is 1. The van der Waals surface area contributed by atoms with Crippen LogP contribution in [-0.2, 0) is 5.75 Å². The first-order chi connectivity index (χ1) is 9.28. The Morgan fingerprint density at radius 1 is 1.11 bits per heavy atom. The van der Waals surface area contributed by atoms with Crippen molar-refractivity contribution in [2.24, 2.45) is 0 Å². The van der Waals surface area contributed by atoms with Crippen molar-refractivity contribution in [1.29, 1.82) is 0 Å². The molecular weight excluding hydrogens is 263 g/mol. The normalized spacial score (nSPS) is 10.4. The molecule has 19 heavy (non-hydrogen) atoms. The van der Waals surface area contributed by atoms with E-state index < -0.39 is 0 Å². The summed E-state index contributed by atoms with van der Waals surface area (Å²) in [6.45, 7) is 2.69. The molecule has 0 saturated carbocycles. The highest BCUT2D eigenvalue weighted by atomic mass is 32.2. The smallest absolute Gasteiger partial charge is 0.233 e. The second-order valence-corrected chi connectivity index (χ2v) is 4.97. The largest absolute Gasteiger partial charge is 0.477 e. The predicted molar refractivity (Wildman–Crippen MR) is 73.8 cm³/mol. The minimum absolute atomic E-state index is 0.217. The first-order valence-corrected chi connectivity index (χ1v) is 7.10. The average molecular weight is 278 g/mol. The fourth-order valence-electron chi connectivity index (χ4n) is 1.41. The molecule has 0 atom stereocenters. The number of ether oxygens (including phenoxy) is 1. The molecule has 1 aromatic carbocycles. The molecule has 100 valence electrons. The average Bonchev–Trinajstić information content (AvgIpc) is 2.46. The lowest BCUT2D eigenvalue weighted by Crippen LogP contribution is -1.98. The molecule has 2 rings (SSSR count). The van der Waals surface area contributed by atoms with E-state index in [-0.39, 0.29) is 5.82 Å². The van der Waals surface area contributed by atoms with Gasteiger partial charge in [-0.25, -0.2) is 4.39 Å². The Morgan fingerprint density at radius 2 is 1.89 bits per heavy atom. The van der Waals surface area contributed by atoms with Crippen molar-refractivity contribution in [3.05, 3.63) is 47.8 Å². The van der Waals surface area contributed by atoms with Gasteiger partial charge in [-0.2, -0.15) is 0 Å². The second-order valence-electron chi connectivity index (χ2n) is 3.97. The molecule has 0 amide bonds. The van der Waals surface area contributed by atoms with E-state index in [1.165, 1.54) is 12.1 Å². The van der Waals surface area contributed by atoms with Crippen LogP contribution in [0.15, 0.2) is 41.4 Å². The molecule has 0 spiro atoms. The van der Waals surface area contributed by atoms with Gasteiger partial charge in [0.2, 0.25) is 5.88 Å². The number of halogens is 1. The van der Waals surface area contributed by atoms with Crippen molar-refractivity contribution in [2.75, 3.05) is 6.61 Å². The second kappa shape index (κ2) is 7.09. The summed E-state index contributed by atoms with van der Waals surface area (Å²) in [5, 5.41) is 8.89. The lowest BCUT2D eigenvalue weighted by molar-refractivity contribution is 0.300. The third kappa shape index (κ3) is 4.52. The zero-order chi connectivity index (χ0) is 13.5. The molecule has 1 heterocycles. The van der Waals surface area contributed by atoms with E-state index in [9.17, 15) is 4.39 Å². The Kier molecular flexibility index (Phi) is 5.15. The molecule has 0 aliphatic rings. The van der Waals surface area contributed by atoms with Gasteiger partial charge in [0.1, 0.15) is 10.8 Å². The maximum Gasteiger partial charge on any atom is 0.233 e. The maximum absolute atomic E-state index is 12.8. The maximum atomic E-state index is 12.8. The van der Waals surface area contributed by atoms with E-state index in [1.807, 2.05) is 19.1 Å². The van der Waals surface area contributed by atoms with Gasteiger partial charge in [-0.05, 0) is 30.2 Å². The lowest BCUT2D eigenvalue weighted by atomic mass is 10.2. The first-order valence-electron chi connectivity index (χ1n) is 6.11. The minimum atomic E-state index is -0.217. The van der Waals surface area contributed by atoms with Crippen LogP contribution in [0.3, 0.4) is 0 Å². The van der Waals surface area contributed by atoms with Crippen LogP contribution in [0.1, 0.15) is 18.9 Å². The van der Waals surface area contributed by atoms with Crippen LogP contribution in [0.5, 0.6) is 5.88 Å². The van der Waals surface area contributed by atoms with Crippen LogP contribution in [0, 0.1) is 5.82 Å². The summed E-state index contributed by atoms with van der Waals surface area (Å²) >= 11 is 1.56. The number of benzene rings is 1. The third-order valence-electron chi connectivity index (χ3n) is 2.37. The third-order valence-corrected chi connectivity index (χ3v) is 3.36. The lowest BCUT2D eigenvalue weighted by Gasteiger charge is -2.04. The van der Waals surface area contributed by atoms with E-state index in [0.29, 0.717) is 12.5 Å². The number of nitrogens with zero attached hydrogens (tertiary/aromatic N) is 2. The molecule has 0 fully saturated rings. The van der Waals surface area contributed by atoms with E-state index >= 15 is 0 Å². The van der Waals surface area contributed by atoms with E-state index in [1.54, 1.807) is 23.9 Å². The fraction of sp³-hybridized carbons (Fsp3) is 0.286. The Balaban J connectivity index is 1.87. The van der Waals surface area contributed by atoms with Crippen LogP contribution in [-0.4, -0.2) is 16.8 Å². The molecular formula is C14H15FN2OS. The minimum Gasteiger partial charge on any atom is -0.477 e. The van der Waals surface area contributed by atoms with E-state index in [0.717, 1.165) is 22.8 Å². The zero-order valence-corrected chi connectivity index (χ0v) is 11.5. The Bertz CT molecular complexity index is 502. The summed E-state index contributed by atoms with van der Waals surface area (Å²) in [5.41, 5.74) is 1.06. The summed E-state index contributed by atoms with van der Waals surface area (Å²) in [4.78, 5) is 0. The van der Waals surface area contributed by atoms with Gasteiger partial charge < -0.3 is 4.74 Å². The fourth-order valence-corrected chi connectivity index (χ4v) is 2.18. The van der Waals surface area contributed by atoms with Gasteiger partial charge in [0.25, 0.3) is 0 Å². The highest BCUT2D eigenvalue weighted by molar-refractivity contribution is 7.98. The zero-order valence-electron chi connectivity index (χ0n) is 10.7. The predicted octanol–water partition coefficient (Wildman–Crippen LogP) is 3.70. The van der Waals surface area contributed by atoms with Gasteiger partial charge in [-0.1, -0.05) is 30.8 Å². The molecule has 0 N–H and O–H groups in total. The molecule has 0 aliphatic heterocycles. The van der Waals surface area contributed by atoms with Gasteiger partial charge >= 0.3 is 0 Å². The highest BCUT2D eigenvalue weighted by Crippen LogP contribution is 2.21. The Hall–Kier alpha value is -1.62. The topological polar surface area (TPSA) is 35.0 Å². The molecule has 1 aromatic heterocycles. The summed E-state index contributed by atoms with van der Waals surface area (Å²) < 4.78 is 18.1. The number of hydrogen-bond donors (Lipinski definition) is 0. The number of hydrogen-bond acceptors (Lipinski definition) is 4. The number of rotatable bonds is 6. The van der Waals surface area contributed by atoms with Crippen molar-refractivity contribution >= 4 is 11.8 Å². The molecule has 5 heteroatoms. The summed E-state index contributed by atoms with van der Waals surface area (Å²) in [7, 11) is 0. The molecule has 3 nitrogen and oxygen atoms in total. The van der Waals surface area contributed by atoms with Gasteiger partial charge in [-0.15, -0.1) is 10.2 Å². The van der Waals surface area contributed by atoms with Crippen molar-refractivity contribution < 1.29 is 9.13 Å². The summed E-state index contributed by atoms with van der Waals surface area (Å²) in [6, 6.07) is 10.2. The van der Waals surface area contributed by atoms with Crippen LogP contribution in [0.25, 0.3) is 0 Å². The summed E-state index contributed by atoms with van der Waals surface area (Å²) in [6.07, 6.45) is 0.947. The molecule has 0 saturated heterocycles. The quantitative estimate of drug-likeness (QED) is 0.755. The van der Waals surface area contributed by atoms with Crippen molar-refractivity contribution in [1.82, 2.24) is 10.2 Å². The molecule has 0 aliphatic carbocycles. The SMILES string of the molecule is CCCOc1ccc(SCc2ccc(F)cc2)nn1. The monoisotopic (exact) mass is 278 g/mol. The van der Waals surface area contributed by atoms with E-state index in [4.69, 9.17) is 4.74 Å². The summed E-state index contributed by atoms with van der Waals surface area (Å²) in [5.74, 6) is 1.07. The van der Waals surface area contributed by atoms with Crippen LogP contribution in [0.2, 0.25) is 0 Å². The molecule has 0 radical (unpaired) electrons. The van der Waals surface area contributed by atoms with Crippen molar-refractivity contribution in [2.45, 2.75) is 24.1 Å². The molecule has 0 bridgehead atoms. The molecule has 0 unspecified atom stereocenters. The van der Waals surface area contributed by atoms with Crippen molar-refractivity contribution in [3.8, 4) is 5.88 Å². The molecule has 2 aromatic rings. The van der Waals surface area contributed by atoms with Crippen LogP contribution >= 0.6 is 11.8 Å². The first kappa shape index (κ1) is 13.8. The van der Waals surface area contributed by atoms with Crippen molar-refractivity contribution in [3.63, 3.8) is 0 Å². The highest BCUT2D eigenvalue weighted by Gasteiger charge is 2.01. The van der Waals surface area contributed by atoms with Gasteiger partial charge in [0.15, 0.2) is 0 Å². The van der Waals surface area contributed by atoms with Gasteiger partial charge in [0, 0.05) is 11.8 Å². The Labute approximate surface area is 116 Å². The standard InChI is InChI=1S/C14H15FN2OS/c1-2-9-18-13-7-8-14(17-16-13)19-10-11-3-5-12(15)6-4-11/h3-8H,2,9-10H2,1H3. The number of aromatic nitrogens is 2. The van der Waals surface area contributed by atoms with Gasteiger partial charge in [0.05, 0.1) is 6.61 Å². The van der Waals surface area contributed by atoms with Crippen LogP contribution in [0.4, 0.5) is 4.39 Å². The van der Waals surface area contributed by atoms with Gasteiger partial charge in [-0.3, -0.25) is 0 Å². The Morgan fingerprint density at radius 3 is 2.53 bits per heavy atom.